The van der Waals surface area contributed by atoms with Crippen molar-refractivity contribution in [2.45, 2.75) is 57.9 Å². The summed E-state index contributed by atoms with van der Waals surface area (Å²) in [5.41, 5.74) is 3.06. The molecule has 1 aliphatic carbocycles. The van der Waals surface area contributed by atoms with E-state index in [0.717, 1.165) is 23.1 Å². The molecule has 9 heteroatoms. The number of methoxy groups -OCH3 is 2. The lowest BCUT2D eigenvalue weighted by molar-refractivity contribution is -0.131. The summed E-state index contributed by atoms with van der Waals surface area (Å²) in [6, 6.07) is 12.5. The number of benzene rings is 2. The third-order valence-corrected chi connectivity index (χ3v) is 6.63. The maximum atomic E-state index is 13.3. The van der Waals surface area contributed by atoms with Gasteiger partial charge in [-0.25, -0.2) is 0 Å². The molecule has 0 aliphatic heterocycles. The highest BCUT2D eigenvalue weighted by Crippen LogP contribution is 2.35. The molecule has 0 aromatic heterocycles. The second kappa shape index (κ2) is 12.8. The first-order chi connectivity index (χ1) is 17.2. The van der Waals surface area contributed by atoms with Crippen LogP contribution in [0.3, 0.4) is 0 Å². The number of ether oxygens (including phenoxy) is 2. The van der Waals surface area contributed by atoms with Crippen LogP contribution in [0.4, 0.5) is 0 Å². The van der Waals surface area contributed by atoms with E-state index in [1.807, 2.05) is 56.3 Å². The van der Waals surface area contributed by atoms with Crippen LogP contribution in [0, 0.1) is 11.8 Å². The third-order valence-electron chi connectivity index (χ3n) is 6.63. The average Bonchev–Trinajstić information content (AvgIpc) is 2.86. The van der Waals surface area contributed by atoms with E-state index in [4.69, 9.17) is 9.47 Å². The van der Waals surface area contributed by atoms with Crippen LogP contribution >= 0.6 is 0 Å². The molecule has 194 valence electrons. The quantitative estimate of drug-likeness (QED) is 0.354. The topological polar surface area (TPSA) is 117 Å². The molecular weight excluding hydrogens is 459 g/mol. The number of amides is 2. The van der Waals surface area contributed by atoms with Gasteiger partial charge in [-0.15, -0.1) is 0 Å². The Hall–Kier alpha value is -3.04. The van der Waals surface area contributed by atoms with Gasteiger partial charge in [-0.05, 0) is 60.4 Å². The minimum absolute atomic E-state index is 0.150. The lowest BCUT2D eigenvalue weighted by Crippen LogP contribution is -2.55. The fourth-order valence-electron chi connectivity index (χ4n) is 4.70. The number of nitrogens with one attached hydrogen (secondary N) is 2. The molecule has 3 unspecified atom stereocenters. The van der Waals surface area contributed by atoms with Crippen molar-refractivity contribution in [3.05, 3.63) is 59.2 Å². The Balaban J connectivity index is 1.76. The van der Waals surface area contributed by atoms with E-state index >= 15 is 0 Å². The van der Waals surface area contributed by atoms with Crippen molar-refractivity contribution < 1.29 is 29.1 Å². The molecule has 2 aromatic rings. The van der Waals surface area contributed by atoms with Crippen molar-refractivity contribution in [2.75, 3.05) is 14.2 Å². The summed E-state index contributed by atoms with van der Waals surface area (Å²) in [4.78, 5) is 26.6. The van der Waals surface area contributed by atoms with Crippen molar-refractivity contribution >= 4 is 18.9 Å². The first-order valence-electron chi connectivity index (χ1n) is 12.5. The monoisotopic (exact) mass is 496 g/mol. The molecule has 0 spiro atoms. The second-order valence-electron chi connectivity index (χ2n) is 9.82. The molecule has 1 aliphatic rings. The van der Waals surface area contributed by atoms with Crippen LogP contribution < -0.4 is 20.1 Å². The van der Waals surface area contributed by atoms with Crippen LogP contribution in [0.5, 0.6) is 11.5 Å². The molecule has 36 heavy (non-hydrogen) atoms. The molecule has 0 fully saturated rings. The van der Waals surface area contributed by atoms with Crippen LogP contribution in [0.2, 0.25) is 0 Å². The first kappa shape index (κ1) is 27.6. The smallest absolute Gasteiger partial charge is 0.475 e. The Morgan fingerprint density at radius 2 is 1.67 bits per heavy atom. The predicted molar refractivity (Wildman–Crippen MR) is 139 cm³/mol. The lowest BCUT2D eigenvalue weighted by Gasteiger charge is -2.28. The van der Waals surface area contributed by atoms with E-state index < -0.39 is 25.0 Å². The summed E-state index contributed by atoms with van der Waals surface area (Å²) in [5.74, 6) is -0.311. The zero-order chi connectivity index (χ0) is 26.2. The molecule has 0 saturated carbocycles. The summed E-state index contributed by atoms with van der Waals surface area (Å²) < 4.78 is 10.8. The summed E-state index contributed by atoms with van der Waals surface area (Å²) in [6.07, 6.45) is 2.60. The van der Waals surface area contributed by atoms with E-state index in [1.165, 1.54) is 0 Å². The van der Waals surface area contributed by atoms with Crippen LogP contribution in [0.1, 0.15) is 43.4 Å². The largest absolute Gasteiger partial charge is 0.493 e. The molecule has 2 amide bonds. The number of carbonyl (C=O) groups is 2. The molecule has 8 nitrogen and oxygen atoms in total. The number of aryl methyl sites for hydroxylation is 1. The molecule has 0 bridgehead atoms. The van der Waals surface area contributed by atoms with E-state index in [0.29, 0.717) is 37.2 Å². The van der Waals surface area contributed by atoms with Crippen molar-refractivity contribution in [1.29, 1.82) is 0 Å². The van der Waals surface area contributed by atoms with E-state index in [2.05, 4.69) is 10.6 Å². The fraction of sp³-hybridized carbons (Fsp3) is 0.481. The number of hydrogen-bond donors (Lipinski definition) is 4. The molecule has 0 heterocycles. The van der Waals surface area contributed by atoms with Gasteiger partial charge in [0.05, 0.1) is 20.2 Å². The van der Waals surface area contributed by atoms with Crippen LogP contribution in [-0.4, -0.2) is 55.2 Å². The van der Waals surface area contributed by atoms with Gasteiger partial charge in [-0.3, -0.25) is 9.59 Å². The minimum Gasteiger partial charge on any atom is -0.493 e. The van der Waals surface area contributed by atoms with E-state index in [1.54, 1.807) is 14.2 Å². The maximum absolute atomic E-state index is 13.3. The zero-order valence-electron chi connectivity index (χ0n) is 21.5. The molecule has 3 rings (SSSR count). The maximum Gasteiger partial charge on any atom is 0.475 e. The summed E-state index contributed by atoms with van der Waals surface area (Å²) in [5, 5.41) is 25.2. The lowest BCUT2D eigenvalue weighted by atomic mass is 9.75. The van der Waals surface area contributed by atoms with Gasteiger partial charge in [0.15, 0.2) is 11.5 Å². The molecule has 0 saturated heterocycles. The average molecular weight is 496 g/mol. The zero-order valence-corrected chi connectivity index (χ0v) is 21.5. The number of fused-ring (bicyclic) bond motifs is 1. The van der Waals surface area contributed by atoms with E-state index in [-0.39, 0.29) is 17.7 Å². The Morgan fingerprint density at radius 1 is 1.03 bits per heavy atom. The van der Waals surface area contributed by atoms with Gasteiger partial charge < -0.3 is 30.2 Å². The Kier molecular flexibility index (Phi) is 9.78. The number of hydrogen-bond acceptors (Lipinski definition) is 6. The van der Waals surface area contributed by atoms with Gasteiger partial charge in [0.2, 0.25) is 11.8 Å². The fourth-order valence-corrected chi connectivity index (χ4v) is 4.70. The van der Waals surface area contributed by atoms with Crippen molar-refractivity contribution in [3.63, 3.8) is 0 Å². The van der Waals surface area contributed by atoms with Gasteiger partial charge in [-0.1, -0.05) is 44.2 Å². The van der Waals surface area contributed by atoms with Gasteiger partial charge in [-0.2, -0.15) is 0 Å². The highest BCUT2D eigenvalue weighted by atomic mass is 16.5. The van der Waals surface area contributed by atoms with E-state index in [9.17, 15) is 19.6 Å². The minimum atomic E-state index is -1.69. The van der Waals surface area contributed by atoms with Crippen molar-refractivity contribution in [1.82, 2.24) is 10.6 Å². The Bertz CT molecular complexity index is 1030. The van der Waals surface area contributed by atoms with Gasteiger partial charge in [0.1, 0.15) is 6.04 Å². The summed E-state index contributed by atoms with van der Waals surface area (Å²) in [6.45, 7) is 3.88. The molecule has 4 N–H and O–H groups in total. The van der Waals surface area contributed by atoms with Crippen LogP contribution in [0.25, 0.3) is 0 Å². The Labute approximate surface area is 213 Å². The highest BCUT2D eigenvalue weighted by molar-refractivity contribution is 6.43. The third kappa shape index (κ3) is 7.24. The molecular formula is C27H37BN2O6. The van der Waals surface area contributed by atoms with Gasteiger partial charge in [0.25, 0.3) is 0 Å². The summed E-state index contributed by atoms with van der Waals surface area (Å²) in [7, 11) is 1.49. The SMILES string of the molecule is COc1cc2c(cc1OC)CC(C(=O)NC(Cc1ccccc1)C(=O)NC(CC(C)C)B(O)O)CC2. The highest BCUT2D eigenvalue weighted by Gasteiger charge is 2.32. The predicted octanol–water partition coefficient (Wildman–Crippen LogP) is 2.08. The van der Waals surface area contributed by atoms with Crippen LogP contribution in [0.15, 0.2) is 42.5 Å². The number of rotatable bonds is 11. The summed E-state index contributed by atoms with van der Waals surface area (Å²) >= 11 is 0. The second-order valence-corrected chi connectivity index (χ2v) is 9.82. The molecule has 2 aromatic carbocycles. The molecule has 0 radical (unpaired) electrons. The first-order valence-corrected chi connectivity index (χ1v) is 12.5. The Morgan fingerprint density at radius 3 is 2.25 bits per heavy atom. The van der Waals surface area contributed by atoms with Gasteiger partial charge >= 0.3 is 7.12 Å². The molecule has 3 atom stereocenters. The van der Waals surface area contributed by atoms with Crippen LogP contribution in [-0.2, 0) is 28.9 Å². The normalized spacial score (nSPS) is 16.5. The van der Waals surface area contributed by atoms with Crippen molar-refractivity contribution in [3.8, 4) is 11.5 Å². The van der Waals surface area contributed by atoms with Gasteiger partial charge in [0, 0.05) is 12.3 Å². The number of carbonyl (C=O) groups excluding carboxylic acids is 2. The van der Waals surface area contributed by atoms with Crippen molar-refractivity contribution in [2.24, 2.45) is 11.8 Å². The standard InChI is InChI=1S/C27H37BN2O6/c1-17(2)12-25(28(33)34)30-27(32)22(13-18-8-6-5-7-9-18)29-26(31)20-11-10-19-15-23(35-3)24(36-4)16-21(19)14-20/h5-9,15-17,20,22,25,33-34H,10-14H2,1-4H3,(H,29,31)(H,30,32).